The molecular formula is C19H19BrN4O. The lowest BCUT2D eigenvalue weighted by molar-refractivity contribution is 0.0967. The van der Waals surface area contributed by atoms with E-state index in [0.29, 0.717) is 28.1 Å². The Morgan fingerprint density at radius 1 is 1.36 bits per heavy atom. The summed E-state index contributed by atoms with van der Waals surface area (Å²) in [6.07, 6.45) is 6.59. The topological polar surface area (TPSA) is 80.0 Å². The van der Waals surface area contributed by atoms with Crippen LogP contribution in [0.25, 0.3) is 0 Å². The van der Waals surface area contributed by atoms with Crippen LogP contribution in [0, 0.1) is 0 Å². The van der Waals surface area contributed by atoms with Gasteiger partial charge in [-0.2, -0.15) is 0 Å². The Kier molecular flexibility index (Phi) is 6.54. The number of benzene rings is 1. The molecule has 0 aliphatic carbocycles. The smallest absolute Gasteiger partial charge is 0.255 e. The Balaban J connectivity index is 2.04. The maximum absolute atomic E-state index is 12.3. The molecule has 0 radical (unpaired) electrons. The largest absolute Gasteiger partial charge is 0.396 e. The fourth-order valence-electron chi connectivity index (χ4n) is 2.06. The molecule has 1 aromatic carbocycles. The lowest BCUT2D eigenvalue weighted by Gasteiger charge is -2.11. The van der Waals surface area contributed by atoms with Gasteiger partial charge < -0.3 is 16.4 Å². The van der Waals surface area contributed by atoms with Gasteiger partial charge in [-0.15, -0.1) is 0 Å². The third-order valence-corrected chi connectivity index (χ3v) is 3.71. The van der Waals surface area contributed by atoms with E-state index in [1.54, 1.807) is 30.5 Å². The number of hydrogen-bond acceptors (Lipinski definition) is 4. The van der Waals surface area contributed by atoms with E-state index in [-0.39, 0.29) is 5.91 Å². The highest BCUT2D eigenvalue weighted by Crippen LogP contribution is 2.21. The molecule has 1 heterocycles. The number of carbonyl (C=O) groups is 1. The van der Waals surface area contributed by atoms with Gasteiger partial charge in [-0.05, 0) is 45.8 Å². The summed E-state index contributed by atoms with van der Waals surface area (Å²) in [5.74, 6) is -0.216. The SMILES string of the molecule is C=C/C=C\C(=C)NC(=O)c1cccc(CNc2cc(Br)ncc2N)c1. The van der Waals surface area contributed by atoms with Crippen LogP contribution in [0.4, 0.5) is 11.4 Å². The van der Waals surface area contributed by atoms with Crippen LogP contribution in [-0.4, -0.2) is 10.9 Å². The molecule has 2 rings (SSSR count). The molecule has 1 aromatic heterocycles. The van der Waals surface area contributed by atoms with E-state index in [2.05, 4.69) is 44.7 Å². The van der Waals surface area contributed by atoms with E-state index in [1.807, 2.05) is 24.3 Å². The maximum atomic E-state index is 12.3. The number of anilines is 2. The number of nitrogens with one attached hydrogen (secondary N) is 2. The molecule has 0 aliphatic rings. The number of carbonyl (C=O) groups excluding carboxylic acids is 1. The van der Waals surface area contributed by atoms with E-state index in [1.165, 1.54) is 0 Å². The van der Waals surface area contributed by atoms with E-state index in [9.17, 15) is 4.79 Å². The number of nitrogen functional groups attached to an aromatic ring is 1. The first-order valence-corrected chi connectivity index (χ1v) is 8.32. The van der Waals surface area contributed by atoms with Crippen LogP contribution >= 0.6 is 15.9 Å². The Hall–Kier alpha value is -2.86. The lowest BCUT2D eigenvalue weighted by atomic mass is 10.1. The van der Waals surface area contributed by atoms with E-state index < -0.39 is 0 Å². The van der Waals surface area contributed by atoms with Crippen molar-refractivity contribution in [2.75, 3.05) is 11.1 Å². The normalized spacial score (nSPS) is 10.4. The predicted molar refractivity (Wildman–Crippen MR) is 106 cm³/mol. The van der Waals surface area contributed by atoms with Crippen LogP contribution in [0.1, 0.15) is 15.9 Å². The number of aromatic nitrogens is 1. The minimum atomic E-state index is -0.216. The molecule has 0 saturated heterocycles. The Morgan fingerprint density at radius 3 is 2.92 bits per heavy atom. The summed E-state index contributed by atoms with van der Waals surface area (Å²) >= 11 is 3.31. The van der Waals surface area contributed by atoms with Crippen molar-refractivity contribution in [1.29, 1.82) is 0 Å². The highest BCUT2D eigenvalue weighted by molar-refractivity contribution is 9.10. The first-order valence-electron chi connectivity index (χ1n) is 7.53. The van der Waals surface area contributed by atoms with Gasteiger partial charge in [0.1, 0.15) is 4.60 Å². The van der Waals surface area contributed by atoms with Gasteiger partial charge in [0, 0.05) is 17.8 Å². The zero-order chi connectivity index (χ0) is 18.2. The first-order chi connectivity index (χ1) is 12.0. The fraction of sp³-hybridized carbons (Fsp3) is 0.0526. The average Bonchev–Trinajstić information content (AvgIpc) is 2.61. The zero-order valence-corrected chi connectivity index (χ0v) is 15.2. The zero-order valence-electron chi connectivity index (χ0n) is 13.6. The highest BCUT2D eigenvalue weighted by atomic mass is 79.9. The molecule has 0 atom stereocenters. The molecule has 0 aliphatic heterocycles. The minimum absolute atomic E-state index is 0.216. The number of nitrogens with zero attached hydrogens (tertiary/aromatic N) is 1. The van der Waals surface area contributed by atoms with Gasteiger partial charge in [-0.3, -0.25) is 4.79 Å². The summed E-state index contributed by atoms with van der Waals surface area (Å²) in [5.41, 5.74) is 9.23. The van der Waals surface area contributed by atoms with E-state index in [0.717, 1.165) is 11.3 Å². The Morgan fingerprint density at radius 2 is 2.16 bits per heavy atom. The van der Waals surface area contributed by atoms with Gasteiger partial charge >= 0.3 is 0 Å². The van der Waals surface area contributed by atoms with Crippen molar-refractivity contribution in [2.45, 2.75) is 6.54 Å². The second kappa shape index (κ2) is 8.84. The molecule has 0 spiro atoms. The van der Waals surface area contributed by atoms with Crippen molar-refractivity contribution in [2.24, 2.45) is 0 Å². The number of allylic oxidation sites excluding steroid dienone is 3. The third kappa shape index (κ3) is 5.61. The van der Waals surface area contributed by atoms with Crippen LogP contribution in [0.15, 0.2) is 78.2 Å². The van der Waals surface area contributed by atoms with Gasteiger partial charge in [-0.25, -0.2) is 4.98 Å². The van der Waals surface area contributed by atoms with Gasteiger partial charge in [-0.1, -0.05) is 37.4 Å². The van der Waals surface area contributed by atoms with Gasteiger partial charge in [0.05, 0.1) is 17.6 Å². The van der Waals surface area contributed by atoms with Crippen LogP contribution in [-0.2, 0) is 6.54 Å². The summed E-state index contributed by atoms with van der Waals surface area (Å²) in [7, 11) is 0. The fourth-order valence-corrected chi connectivity index (χ4v) is 2.39. The van der Waals surface area contributed by atoms with Crippen LogP contribution in [0.3, 0.4) is 0 Å². The summed E-state index contributed by atoms with van der Waals surface area (Å²) in [6, 6.07) is 9.14. The molecule has 0 bridgehead atoms. The molecule has 4 N–H and O–H groups in total. The third-order valence-electron chi connectivity index (χ3n) is 3.28. The first kappa shape index (κ1) is 18.5. The molecule has 128 valence electrons. The predicted octanol–water partition coefficient (Wildman–Crippen LogP) is 4.02. The van der Waals surface area contributed by atoms with Crippen molar-refractivity contribution >= 4 is 33.2 Å². The molecule has 1 amide bonds. The van der Waals surface area contributed by atoms with E-state index >= 15 is 0 Å². The summed E-state index contributed by atoms with van der Waals surface area (Å²) < 4.78 is 0.698. The molecule has 0 saturated carbocycles. The van der Waals surface area contributed by atoms with Crippen LogP contribution < -0.4 is 16.4 Å². The molecule has 0 fully saturated rings. The summed E-state index contributed by atoms with van der Waals surface area (Å²) in [6.45, 7) is 7.87. The van der Waals surface area contributed by atoms with Crippen molar-refractivity contribution in [3.05, 3.63) is 89.3 Å². The van der Waals surface area contributed by atoms with Crippen LogP contribution in [0.2, 0.25) is 0 Å². The number of amides is 1. The van der Waals surface area contributed by atoms with Crippen LogP contribution in [0.5, 0.6) is 0 Å². The number of hydrogen-bond donors (Lipinski definition) is 3. The number of pyridine rings is 1. The van der Waals surface area contributed by atoms with Crippen molar-refractivity contribution in [3.63, 3.8) is 0 Å². The van der Waals surface area contributed by atoms with Crippen molar-refractivity contribution in [3.8, 4) is 0 Å². The van der Waals surface area contributed by atoms with Crippen molar-refractivity contribution in [1.82, 2.24) is 10.3 Å². The van der Waals surface area contributed by atoms with Gasteiger partial charge in [0.15, 0.2) is 0 Å². The maximum Gasteiger partial charge on any atom is 0.255 e. The minimum Gasteiger partial charge on any atom is -0.396 e. The second-order valence-corrected chi connectivity index (χ2v) is 6.03. The molecule has 0 unspecified atom stereocenters. The lowest BCUT2D eigenvalue weighted by Crippen LogP contribution is -2.21. The average molecular weight is 399 g/mol. The Labute approximate surface area is 155 Å². The molecular weight excluding hydrogens is 380 g/mol. The summed E-state index contributed by atoms with van der Waals surface area (Å²) in [4.78, 5) is 16.3. The standard InChI is InChI=1S/C19H19BrN4O/c1-3-4-6-13(2)24-19(25)15-8-5-7-14(9-15)11-22-17-10-18(20)23-12-16(17)21/h3-10,12H,1-2,11,21H2,(H,22,23)(H,24,25)/b6-4-. The number of nitrogens with two attached hydrogens (primary N) is 1. The van der Waals surface area contributed by atoms with Gasteiger partial charge in [0.2, 0.25) is 0 Å². The molecule has 5 nitrogen and oxygen atoms in total. The highest BCUT2D eigenvalue weighted by Gasteiger charge is 2.07. The second-order valence-electron chi connectivity index (χ2n) is 5.22. The number of halogens is 1. The van der Waals surface area contributed by atoms with Crippen molar-refractivity contribution < 1.29 is 4.79 Å². The summed E-state index contributed by atoms with van der Waals surface area (Å²) in [5, 5.41) is 5.96. The molecule has 2 aromatic rings. The van der Waals surface area contributed by atoms with E-state index in [4.69, 9.17) is 5.73 Å². The molecule has 25 heavy (non-hydrogen) atoms. The number of rotatable bonds is 7. The molecule has 6 heteroatoms. The van der Waals surface area contributed by atoms with Gasteiger partial charge in [0.25, 0.3) is 5.91 Å². The Bertz CT molecular complexity index is 830. The quantitative estimate of drug-likeness (QED) is 0.485. The monoisotopic (exact) mass is 398 g/mol.